The molecule has 5 rings (SSSR count). The third kappa shape index (κ3) is 3.14. The number of aromatic amines is 2. The number of nitrogens with one attached hydrogen (secondary N) is 2. The summed E-state index contributed by atoms with van der Waals surface area (Å²) in [6.45, 7) is 4.25. The van der Waals surface area contributed by atoms with Gasteiger partial charge in [-0.05, 0) is 43.2 Å². The highest BCUT2D eigenvalue weighted by Gasteiger charge is 2.31. The highest BCUT2D eigenvalue weighted by atomic mass is 35.5. The molecule has 0 saturated carbocycles. The minimum atomic E-state index is -0.121. The van der Waals surface area contributed by atoms with Gasteiger partial charge in [0.2, 0.25) is 0 Å². The van der Waals surface area contributed by atoms with E-state index in [1.165, 1.54) is 21.9 Å². The summed E-state index contributed by atoms with van der Waals surface area (Å²) in [6, 6.07) is 20.6. The lowest BCUT2D eigenvalue weighted by Gasteiger charge is -2.24. The average molecular weight is 445 g/mol. The number of ether oxygens (including phenoxy) is 2. The van der Waals surface area contributed by atoms with Crippen molar-refractivity contribution < 1.29 is 9.47 Å². The molecular weight excluding hydrogens is 420 g/mol. The monoisotopic (exact) mass is 444 g/mol. The standard InChI is InChI=1S/C27H25ClN2O2/c1-15-24(18-9-5-7-11-21(18)29-15)26(20-13-17(28)14-23(31-3)27(20)32-4)25-16(2)30-22-12-8-6-10-19(22)25/h5-14,26,29-30H,1-4H3. The van der Waals surface area contributed by atoms with Gasteiger partial charge in [0.05, 0.1) is 14.2 Å². The zero-order valence-corrected chi connectivity index (χ0v) is 19.3. The van der Waals surface area contributed by atoms with Gasteiger partial charge in [0, 0.05) is 55.8 Å². The van der Waals surface area contributed by atoms with Crippen LogP contribution in [-0.4, -0.2) is 24.2 Å². The number of benzene rings is 3. The number of hydrogen-bond acceptors (Lipinski definition) is 2. The van der Waals surface area contributed by atoms with Gasteiger partial charge < -0.3 is 19.4 Å². The van der Waals surface area contributed by atoms with Crippen molar-refractivity contribution in [1.82, 2.24) is 9.97 Å². The molecule has 3 aromatic carbocycles. The summed E-state index contributed by atoms with van der Waals surface area (Å²) < 4.78 is 11.6. The van der Waals surface area contributed by atoms with Gasteiger partial charge in [-0.25, -0.2) is 0 Å². The summed E-state index contributed by atoms with van der Waals surface area (Å²) in [7, 11) is 3.32. The maximum atomic E-state index is 6.59. The first-order valence-electron chi connectivity index (χ1n) is 10.6. The van der Waals surface area contributed by atoms with Crippen molar-refractivity contribution in [3.8, 4) is 11.5 Å². The third-order valence-corrected chi connectivity index (χ3v) is 6.47. The average Bonchev–Trinajstić information content (AvgIpc) is 3.30. The molecule has 0 aliphatic carbocycles. The van der Waals surface area contributed by atoms with E-state index < -0.39 is 0 Å². The predicted molar refractivity (Wildman–Crippen MR) is 132 cm³/mol. The topological polar surface area (TPSA) is 50.0 Å². The van der Waals surface area contributed by atoms with E-state index in [1.54, 1.807) is 20.3 Å². The number of aryl methyl sites for hydroxylation is 2. The fourth-order valence-corrected chi connectivity index (χ4v) is 5.19. The van der Waals surface area contributed by atoms with E-state index in [2.05, 4.69) is 72.3 Å². The van der Waals surface area contributed by atoms with Crippen LogP contribution in [0.25, 0.3) is 21.8 Å². The Bertz CT molecular complexity index is 1370. The van der Waals surface area contributed by atoms with Gasteiger partial charge in [0.1, 0.15) is 0 Å². The Labute approximate surface area is 192 Å². The lowest BCUT2D eigenvalue weighted by atomic mass is 9.81. The van der Waals surface area contributed by atoms with Crippen molar-refractivity contribution in [2.24, 2.45) is 0 Å². The fourth-order valence-electron chi connectivity index (χ4n) is 4.97. The van der Waals surface area contributed by atoms with Crippen LogP contribution >= 0.6 is 11.6 Å². The van der Waals surface area contributed by atoms with Crippen LogP contribution in [-0.2, 0) is 0 Å². The van der Waals surface area contributed by atoms with Crippen LogP contribution in [0.15, 0.2) is 60.7 Å². The zero-order chi connectivity index (χ0) is 22.4. The van der Waals surface area contributed by atoms with Gasteiger partial charge in [0.25, 0.3) is 0 Å². The Hall–Kier alpha value is -3.37. The molecule has 0 atom stereocenters. The van der Waals surface area contributed by atoms with Crippen LogP contribution < -0.4 is 9.47 Å². The van der Waals surface area contributed by atoms with Crippen LogP contribution in [0, 0.1) is 13.8 Å². The summed E-state index contributed by atoms with van der Waals surface area (Å²) in [4.78, 5) is 7.14. The molecule has 0 unspecified atom stereocenters. The van der Waals surface area contributed by atoms with Crippen molar-refractivity contribution in [3.05, 3.63) is 93.8 Å². The Morgan fingerprint density at radius 3 is 1.78 bits per heavy atom. The maximum absolute atomic E-state index is 6.59. The van der Waals surface area contributed by atoms with E-state index in [-0.39, 0.29) is 5.92 Å². The Morgan fingerprint density at radius 2 is 1.28 bits per heavy atom. The van der Waals surface area contributed by atoms with Gasteiger partial charge >= 0.3 is 0 Å². The number of hydrogen-bond donors (Lipinski definition) is 2. The molecule has 2 heterocycles. The van der Waals surface area contributed by atoms with Crippen molar-refractivity contribution in [2.75, 3.05) is 14.2 Å². The number of rotatable bonds is 5. The van der Waals surface area contributed by atoms with Crippen molar-refractivity contribution in [3.63, 3.8) is 0 Å². The van der Waals surface area contributed by atoms with Gasteiger partial charge in [-0.1, -0.05) is 48.0 Å². The Balaban J connectivity index is 1.93. The van der Waals surface area contributed by atoms with E-state index in [1.807, 2.05) is 6.07 Å². The van der Waals surface area contributed by atoms with E-state index in [0.717, 1.165) is 28.0 Å². The molecule has 0 radical (unpaired) electrons. The Kier molecular flexibility index (Phi) is 5.10. The first-order chi connectivity index (χ1) is 15.5. The molecule has 162 valence electrons. The highest BCUT2D eigenvalue weighted by molar-refractivity contribution is 6.30. The molecule has 2 aromatic heterocycles. The summed E-state index contributed by atoms with van der Waals surface area (Å²) in [5.74, 6) is 1.19. The molecule has 32 heavy (non-hydrogen) atoms. The lowest BCUT2D eigenvalue weighted by Crippen LogP contribution is -2.09. The molecule has 2 N–H and O–H groups in total. The number of para-hydroxylation sites is 2. The lowest BCUT2D eigenvalue weighted by molar-refractivity contribution is 0.351. The molecule has 0 bridgehead atoms. The molecule has 0 amide bonds. The third-order valence-electron chi connectivity index (χ3n) is 6.25. The summed E-state index contributed by atoms with van der Waals surface area (Å²) in [5.41, 5.74) is 7.82. The molecule has 0 aliphatic heterocycles. The second-order valence-electron chi connectivity index (χ2n) is 8.08. The molecule has 4 nitrogen and oxygen atoms in total. The number of H-pyrrole nitrogens is 2. The summed E-state index contributed by atoms with van der Waals surface area (Å²) in [6.07, 6.45) is 0. The minimum absolute atomic E-state index is 0.121. The normalized spacial score (nSPS) is 11.6. The molecule has 0 spiro atoms. The van der Waals surface area contributed by atoms with Gasteiger partial charge in [0.15, 0.2) is 11.5 Å². The fraction of sp³-hybridized carbons (Fsp3) is 0.185. The molecular formula is C27H25ClN2O2. The smallest absolute Gasteiger partial charge is 0.164 e. The van der Waals surface area contributed by atoms with Gasteiger partial charge in [-0.15, -0.1) is 0 Å². The number of halogens is 1. The second kappa shape index (κ2) is 7.95. The summed E-state index contributed by atoms with van der Waals surface area (Å²) >= 11 is 6.59. The van der Waals surface area contributed by atoms with E-state index in [9.17, 15) is 0 Å². The quantitative estimate of drug-likeness (QED) is 0.303. The Morgan fingerprint density at radius 1 is 0.750 bits per heavy atom. The van der Waals surface area contributed by atoms with Gasteiger partial charge in [-0.2, -0.15) is 0 Å². The molecule has 5 heteroatoms. The highest BCUT2D eigenvalue weighted by Crippen LogP contribution is 2.48. The van der Waals surface area contributed by atoms with Crippen LogP contribution in [0.4, 0.5) is 0 Å². The van der Waals surface area contributed by atoms with Crippen LogP contribution in [0.3, 0.4) is 0 Å². The summed E-state index contributed by atoms with van der Waals surface area (Å²) in [5, 5.41) is 2.97. The van der Waals surface area contributed by atoms with Crippen LogP contribution in [0.2, 0.25) is 5.02 Å². The zero-order valence-electron chi connectivity index (χ0n) is 18.5. The first-order valence-corrected chi connectivity index (χ1v) is 11.0. The van der Waals surface area contributed by atoms with E-state index in [0.29, 0.717) is 16.5 Å². The molecule has 0 fully saturated rings. The number of fused-ring (bicyclic) bond motifs is 2. The van der Waals surface area contributed by atoms with Crippen LogP contribution in [0.1, 0.15) is 34.0 Å². The van der Waals surface area contributed by atoms with Crippen molar-refractivity contribution >= 4 is 33.4 Å². The van der Waals surface area contributed by atoms with Crippen molar-refractivity contribution in [2.45, 2.75) is 19.8 Å². The minimum Gasteiger partial charge on any atom is -0.493 e. The van der Waals surface area contributed by atoms with E-state index in [4.69, 9.17) is 21.1 Å². The van der Waals surface area contributed by atoms with E-state index >= 15 is 0 Å². The number of aromatic nitrogens is 2. The first kappa shape index (κ1) is 20.5. The SMILES string of the molecule is COc1cc(Cl)cc(C(c2c(C)[nH]c3ccccc23)c2c(C)[nH]c3ccccc23)c1OC. The van der Waals surface area contributed by atoms with Crippen molar-refractivity contribution in [1.29, 1.82) is 0 Å². The van der Waals surface area contributed by atoms with Crippen LogP contribution in [0.5, 0.6) is 11.5 Å². The second-order valence-corrected chi connectivity index (χ2v) is 8.52. The molecule has 5 aromatic rings. The largest absolute Gasteiger partial charge is 0.493 e. The molecule has 0 saturated heterocycles. The molecule has 0 aliphatic rings. The maximum Gasteiger partial charge on any atom is 0.164 e. The van der Waals surface area contributed by atoms with Gasteiger partial charge in [-0.3, -0.25) is 0 Å². The number of methoxy groups -OCH3 is 2. The predicted octanol–water partition coefficient (Wildman–Crippen LogP) is 7.12.